The van der Waals surface area contributed by atoms with Crippen LogP contribution in [0.15, 0.2) is 87.5 Å². The lowest BCUT2D eigenvalue weighted by atomic mass is 10.4. The Kier molecular flexibility index (Phi) is 6.57. The van der Waals surface area contributed by atoms with Crippen LogP contribution in [0.3, 0.4) is 0 Å². The van der Waals surface area contributed by atoms with Gasteiger partial charge in [0.2, 0.25) is 0 Å². The smallest absolute Gasteiger partial charge is 0.0791 e. The number of nitrogens with zero attached hydrogens (tertiary/aromatic N) is 1. The summed E-state index contributed by atoms with van der Waals surface area (Å²) >= 11 is 1.60. The Hall–Kier alpha value is -1.23. The van der Waals surface area contributed by atoms with Gasteiger partial charge in [0, 0.05) is 21.4 Å². The van der Waals surface area contributed by atoms with E-state index in [1.165, 1.54) is 9.79 Å². The van der Waals surface area contributed by atoms with Crippen molar-refractivity contribution in [2.24, 2.45) is 0 Å². The molecule has 0 N–H and O–H groups in total. The van der Waals surface area contributed by atoms with Crippen LogP contribution in [-0.4, -0.2) is 4.98 Å². The summed E-state index contributed by atoms with van der Waals surface area (Å²) in [5.74, 6) is 0. The van der Waals surface area contributed by atoms with Gasteiger partial charge in [0.1, 0.15) is 0 Å². The summed E-state index contributed by atoms with van der Waals surface area (Å²) in [6.45, 7) is 0. The van der Waals surface area contributed by atoms with Crippen LogP contribution < -0.4 is 0 Å². The van der Waals surface area contributed by atoms with Crippen LogP contribution in [0.5, 0.6) is 0 Å². The summed E-state index contributed by atoms with van der Waals surface area (Å²) in [4.78, 5) is 6.33. The van der Waals surface area contributed by atoms with E-state index in [0.717, 1.165) is 0 Å². The van der Waals surface area contributed by atoms with Gasteiger partial charge in [-0.3, -0.25) is 4.98 Å². The molecule has 19 heavy (non-hydrogen) atoms. The Morgan fingerprint density at radius 1 is 0.737 bits per heavy atom. The van der Waals surface area contributed by atoms with E-state index in [9.17, 15) is 0 Å². The van der Waals surface area contributed by atoms with Crippen LogP contribution in [-0.2, 0) is 0 Å². The summed E-state index contributed by atoms with van der Waals surface area (Å²) < 4.78 is 0. The first kappa shape index (κ1) is 14.2. The third-order valence-electron chi connectivity index (χ3n) is 2.07. The van der Waals surface area contributed by atoms with Crippen LogP contribution in [0.25, 0.3) is 0 Å². The lowest BCUT2D eigenvalue weighted by Gasteiger charge is -1.99. The van der Waals surface area contributed by atoms with Gasteiger partial charge in [-0.05, 0) is 24.3 Å². The quantitative estimate of drug-likeness (QED) is 0.582. The predicted molar refractivity (Wildman–Crippen MR) is 86.7 cm³/mol. The van der Waals surface area contributed by atoms with Gasteiger partial charge >= 0.3 is 0 Å². The third-order valence-corrected chi connectivity index (χ3v) is 5.01. The predicted octanol–water partition coefficient (Wildman–Crippen LogP) is 5.63. The number of benzene rings is 2. The van der Waals surface area contributed by atoms with Crippen molar-refractivity contribution in [3.05, 3.63) is 77.8 Å². The number of hydrogen-bond donors (Lipinski definition) is 0. The summed E-state index contributed by atoms with van der Waals surface area (Å²) in [7, 11) is 3.58. The first-order chi connectivity index (χ1) is 9.45. The maximum Gasteiger partial charge on any atom is 0.0791 e. The van der Waals surface area contributed by atoms with Gasteiger partial charge < -0.3 is 0 Å². The van der Waals surface area contributed by atoms with Crippen LogP contribution in [0.2, 0.25) is 0 Å². The van der Waals surface area contributed by atoms with E-state index in [4.69, 9.17) is 0 Å². The average molecular weight is 303 g/mol. The fraction of sp³-hybridized carbons (Fsp3) is 0. The second-order valence-corrected chi connectivity index (χ2v) is 6.50. The molecule has 0 spiro atoms. The molecule has 3 aromatic rings. The van der Waals surface area contributed by atoms with E-state index in [2.05, 4.69) is 53.5 Å². The highest BCUT2D eigenvalue weighted by Crippen LogP contribution is 2.36. The molecule has 0 saturated heterocycles. The van der Waals surface area contributed by atoms with Gasteiger partial charge in [0.25, 0.3) is 0 Å². The first-order valence-electron chi connectivity index (χ1n) is 5.72. The molecule has 1 aromatic heterocycles. The summed E-state index contributed by atoms with van der Waals surface area (Å²) in [6, 6.07) is 20.8. The number of aromatic nitrogens is 1. The molecule has 0 aliphatic rings. The lowest BCUT2D eigenvalue weighted by molar-refractivity contribution is 1.43. The molecule has 3 rings (SSSR count). The Morgan fingerprint density at radius 2 is 1.26 bits per heavy atom. The minimum absolute atomic E-state index is 1.29. The third kappa shape index (κ3) is 5.96. The maximum absolute atomic E-state index is 3.74. The van der Waals surface area contributed by atoms with E-state index >= 15 is 0 Å². The molecular weight excluding hydrogens is 290 g/mol. The SMILES string of the molecule is c1ccc(SSc2ccccc2)cc1.c1cscn1. The Balaban J connectivity index is 0.000000224. The van der Waals surface area contributed by atoms with Crippen molar-refractivity contribution in [1.29, 1.82) is 0 Å². The monoisotopic (exact) mass is 303 g/mol. The molecule has 96 valence electrons. The maximum atomic E-state index is 3.74. The molecule has 0 amide bonds. The first-order valence-corrected chi connectivity index (χ1v) is 8.81. The summed E-state index contributed by atoms with van der Waals surface area (Å²) in [5, 5.41) is 1.93. The Labute approximate surface area is 125 Å². The minimum atomic E-state index is 1.29. The molecule has 0 aliphatic carbocycles. The van der Waals surface area contributed by atoms with Gasteiger partial charge in [-0.15, -0.1) is 11.3 Å². The molecular formula is C15H13NS3. The zero-order valence-corrected chi connectivity index (χ0v) is 12.6. The molecule has 0 aliphatic heterocycles. The normalized spacial score (nSPS) is 9.47. The van der Waals surface area contributed by atoms with E-state index in [1.807, 2.05) is 17.5 Å². The molecule has 0 fully saturated rings. The van der Waals surface area contributed by atoms with E-state index in [-0.39, 0.29) is 0 Å². The molecule has 0 atom stereocenters. The van der Waals surface area contributed by atoms with Crippen molar-refractivity contribution in [3.8, 4) is 0 Å². The second-order valence-electron chi connectivity index (χ2n) is 3.47. The van der Waals surface area contributed by atoms with E-state index < -0.39 is 0 Å². The van der Waals surface area contributed by atoms with Crippen molar-refractivity contribution in [3.63, 3.8) is 0 Å². The van der Waals surface area contributed by atoms with Gasteiger partial charge in [-0.1, -0.05) is 58.0 Å². The molecule has 4 heteroatoms. The molecule has 0 bridgehead atoms. The van der Waals surface area contributed by atoms with E-state index in [1.54, 1.807) is 44.6 Å². The minimum Gasteiger partial charge on any atom is -0.253 e. The fourth-order valence-corrected chi connectivity index (χ4v) is 3.55. The van der Waals surface area contributed by atoms with E-state index in [0.29, 0.717) is 0 Å². The highest BCUT2D eigenvalue weighted by molar-refractivity contribution is 8.76. The molecule has 1 heterocycles. The standard InChI is InChI=1S/C12H10S2.C3H3NS/c1-3-7-11(8-4-1)13-14-12-9-5-2-6-10-12;1-2-5-3-4-1/h1-10H;1-3H. The van der Waals surface area contributed by atoms with Gasteiger partial charge in [-0.2, -0.15) is 0 Å². The number of thiazole rings is 1. The van der Waals surface area contributed by atoms with Crippen LogP contribution in [0.1, 0.15) is 0 Å². The zero-order chi connectivity index (χ0) is 13.2. The molecule has 1 nitrogen and oxygen atoms in total. The molecule has 0 saturated carbocycles. The average Bonchev–Trinajstić information content (AvgIpc) is 3.07. The van der Waals surface area contributed by atoms with Crippen molar-refractivity contribution >= 4 is 32.9 Å². The number of hydrogen-bond acceptors (Lipinski definition) is 4. The molecule has 2 aromatic carbocycles. The van der Waals surface area contributed by atoms with Crippen molar-refractivity contribution < 1.29 is 0 Å². The van der Waals surface area contributed by atoms with Crippen LogP contribution >= 0.6 is 32.9 Å². The topological polar surface area (TPSA) is 12.9 Å². The molecule has 0 unspecified atom stereocenters. The Bertz CT molecular complexity index is 481. The largest absolute Gasteiger partial charge is 0.253 e. The second kappa shape index (κ2) is 8.80. The summed E-state index contributed by atoms with van der Waals surface area (Å²) in [6.07, 6.45) is 1.77. The number of rotatable bonds is 3. The van der Waals surface area contributed by atoms with Gasteiger partial charge in [-0.25, -0.2) is 0 Å². The Morgan fingerprint density at radius 3 is 1.58 bits per heavy atom. The van der Waals surface area contributed by atoms with Crippen molar-refractivity contribution in [2.45, 2.75) is 9.79 Å². The zero-order valence-electron chi connectivity index (χ0n) is 10.2. The highest BCUT2D eigenvalue weighted by Gasteiger charge is 1.94. The highest BCUT2D eigenvalue weighted by atomic mass is 33.1. The van der Waals surface area contributed by atoms with Gasteiger partial charge in [0.15, 0.2) is 0 Å². The lowest BCUT2D eigenvalue weighted by Crippen LogP contribution is -1.67. The van der Waals surface area contributed by atoms with Crippen molar-refractivity contribution in [2.75, 3.05) is 0 Å². The van der Waals surface area contributed by atoms with Gasteiger partial charge in [0.05, 0.1) is 5.51 Å². The fourth-order valence-electron chi connectivity index (χ4n) is 1.22. The summed E-state index contributed by atoms with van der Waals surface area (Å²) in [5.41, 5.74) is 1.79. The molecule has 0 radical (unpaired) electrons. The van der Waals surface area contributed by atoms with Crippen molar-refractivity contribution in [1.82, 2.24) is 4.98 Å². The van der Waals surface area contributed by atoms with Crippen LogP contribution in [0, 0.1) is 0 Å². The van der Waals surface area contributed by atoms with Crippen LogP contribution in [0.4, 0.5) is 0 Å².